The van der Waals surface area contributed by atoms with Crippen LogP contribution in [0.5, 0.6) is 0 Å². The van der Waals surface area contributed by atoms with E-state index >= 15 is 0 Å². The van der Waals surface area contributed by atoms with Crippen LogP contribution in [0.25, 0.3) is 0 Å². The normalized spacial score (nSPS) is 19.8. The van der Waals surface area contributed by atoms with E-state index in [0.29, 0.717) is 6.04 Å². The van der Waals surface area contributed by atoms with Crippen molar-refractivity contribution < 1.29 is 4.92 Å². The minimum Gasteiger partial charge on any atom is -0.380 e. The van der Waals surface area contributed by atoms with Gasteiger partial charge in [-0.2, -0.15) is 0 Å². The molecule has 13 heavy (non-hydrogen) atoms. The fourth-order valence-corrected chi connectivity index (χ4v) is 1.63. The monoisotopic (exact) mass is 185 g/mol. The summed E-state index contributed by atoms with van der Waals surface area (Å²) < 4.78 is 0. The summed E-state index contributed by atoms with van der Waals surface area (Å²) in [6.07, 6.45) is 6.57. The van der Waals surface area contributed by atoms with Gasteiger partial charge in [-0.05, 0) is 12.8 Å². The Balaban J connectivity index is 2.33. The predicted octanol–water partition coefficient (Wildman–Crippen LogP) is 0.943. The molecule has 3 N–H and O–H groups in total. The summed E-state index contributed by atoms with van der Waals surface area (Å²) in [5, 5.41) is 13.0. The molecule has 5 heteroatoms. The molecule has 1 rings (SSSR count). The number of hydrogen-bond acceptors (Lipinski definition) is 4. The summed E-state index contributed by atoms with van der Waals surface area (Å²) >= 11 is 0. The highest BCUT2D eigenvalue weighted by Crippen LogP contribution is 2.17. The zero-order chi connectivity index (χ0) is 9.68. The van der Waals surface area contributed by atoms with Crippen LogP contribution in [0.4, 0.5) is 0 Å². The first-order valence-corrected chi connectivity index (χ1v) is 4.56. The average Bonchev–Trinajstić information content (AvgIpc) is 2.04. The Bertz CT molecular complexity index is 209. The molecule has 0 aliphatic heterocycles. The molecule has 0 aromatic rings. The highest BCUT2D eigenvalue weighted by molar-refractivity contribution is 4.91. The van der Waals surface area contributed by atoms with Crippen LogP contribution in [0.2, 0.25) is 0 Å². The maximum absolute atomic E-state index is 10.1. The third-order valence-electron chi connectivity index (χ3n) is 2.22. The van der Waals surface area contributed by atoms with Crippen LogP contribution in [0, 0.1) is 10.1 Å². The summed E-state index contributed by atoms with van der Waals surface area (Å²) in [6, 6.07) is 0.324. The van der Waals surface area contributed by atoms with E-state index in [1.807, 2.05) is 0 Å². The van der Waals surface area contributed by atoms with E-state index in [9.17, 15) is 10.1 Å². The number of nitrogens with zero attached hydrogens (tertiary/aromatic N) is 1. The molecular weight excluding hydrogens is 170 g/mol. The predicted molar refractivity (Wildman–Crippen MR) is 49.3 cm³/mol. The molecule has 0 atom stereocenters. The molecule has 0 unspecified atom stereocenters. The molecule has 0 amide bonds. The van der Waals surface area contributed by atoms with Crippen LogP contribution in [0.3, 0.4) is 0 Å². The van der Waals surface area contributed by atoms with Gasteiger partial charge in [-0.3, -0.25) is 10.1 Å². The van der Waals surface area contributed by atoms with Gasteiger partial charge in [0.15, 0.2) is 5.82 Å². The smallest absolute Gasteiger partial charge is 0.273 e. The second-order valence-electron chi connectivity index (χ2n) is 3.35. The van der Waals surface area contributed by atoms with Gasteiger partial charge in [0, 0.05) is 6.04 Å². The lowest BCUT2D eigenvalue weighted by molar-refractivity contribution is -0.403. The van der Waals surface area contributed by atoms with Gasteiger partial charge in [0.2, 0.25) is 0 Å². The molecule has 0 bridgehead atoms. The first-order valence-electron chi connectivity index (χ1n) is 4.56. The molecule has 0 saturated heterocycles. The third-order valence-corrected chi connectivity index (χ3v) is 2.22. The largest absolute Gasteiger partial charge is 0.380 e. The van der Waals surface area contributed by atoms with E-state index in [1.165, 1.54) is 19.3 Å². The first-order chi connectivity index (χ1) is 6.18. The van der Waals surface area contributed by atoms with Gasteiger partial charge < -0.3 is 11.1 Å². The Labute approximate surface area is 77.1 Å². The van der Waals surface area contributed by atoms with Crippen molar-refractivity contribution in [3.05, 3.63) is 22.1 Å². The minimum absolute atomic E-state index is 0.164. The fraction of sp³-hybridized carbons (Fsp3) is 0.750. The maximum Gasteiger partial charge on any atom is 0.273 e. The zero-order valence-electron chi connectivity index (χ0n) is 7.53. The number of hydrogen-bond donors (Lipinski definition) is 2. The van der Waals surface area contributed by atoms with Crippen molar-refractivity contribution in [2.24, 2.45) is 5.73 Å². The van der Waals surface area contributed by atoms with Gasteiger partial charge in [0.05, 0.1) is 4.92 Å². The minimum atomic E-state index is -0.537. The van der Waals surface area contributed by atoms with E-state index in [-0.39, 0.29) is 5.82 Å². The molecule has 0 aromatic heterocycles. The Morgan fingerprint density at radius 1 is 1.46 bits per heavy atom. The first kappa shape index (κ1) is 9.83. The van der Waals surface area contributed by atoms with Crippen molar-refractivity contribution in [2.45, 2.75) is 38.1 Å². The molecule has 74 valence electrons. The van der Waals surface area contributed by atoms with Gasteiger partial charge in [-0.25, -0.2) is 0 Å². The number of nitrogens with two attached hydrogens (primary N) is 1. The lowest BCUT2D eigenvalue weighted by atomic mass is 9.96. The molecule has 1 fully saturated rings. The lowest BCUT2D eigenvalue weighted by Crippen LogP contribution is -2.33. The Morgan fingerprint density at radius 2 is 2.08 bits per heavy atom. The summed E-state index contributed by atoms with van der Waals surface area (Å²) in [6.45, 7) is 0. The van der Waals surface area contributed by atoms with Crippen LogP contribution >= 0.6 is 0 Å². The second kappa shape index (κ2) is 4.69. The van der Waals surface area contributed by atoms with Gasteiger partial charge >= 0.3 is 0 Å². The zero-order valence-corrected chi connectivity index (χ0v) is 7.53. The van der Waals surface area contributed by atoms with Crippen molar-refractivity contribution >= 4 is 0 Å². The molecule has 0 aromatic carbocycles. The lowest BCUT2D eigenvalue weighted by Gasteiger charge is -2.22. The molecule has 0 heterocycles. The summed E-state index contributed by atoms with van der Waals surface area (Å²) in [5.74, 6) is 0.164. The van der Waals surface area contributed by atoms with Gasteiger partial charge in [0.25, 0.3) is 6.20 Å². The quantitative estimate of drug-likeness (QED) is 0.506. The Hall–Kier alpha value is -1.26. The highest BCUT2D eigenvalue weighted by Gasteiger charge is 2.13. The highest BCUT2D eigenvalue weighted by atomic mass is 16.6. The third kappa shape index (κ3) is 3.78. The van der Waals surface area contributed by atoms with E-state index in [2.05, 4.69) is 5.32 Å². The van der Waals surface area contributed by atoms with Crippen molar-refractivity contribution in [1.82, 2.24) is 5.32 Å². The van der Waals surface area contributed by atoms with E-state index in [4.69, 9.17) is 5.73 Å². The summed E-state index contributed by atoms with van der Waals surface area (Å²) in [4.78, 5) is 9.52. The van der Waals surface area contributed by atoms with E-state index in [0.717, 1.165) is 19.0 Å². The van der Waals surface area contributed by atoms with Crippen LogP contribution in [-0.2, 0) is 0 Å². The topological polar surface area (TPSA) is 81.2 Å². The molecule has 0 spiro atoms. The van der Waals surface area contributed by atoms with Crippen molar-refractivity contribution in [3.8, 4) is 0 Å². The molecular formula is C8H15N3O2. The number of rotatable bonds is 3. The maximum atomic E-state index is 10.1. The Kier molecular flexibility index (Phi) is 3.54. The molecule has 1 saturated carbocycles. The van der Waals surface area contributed by atoms with Crippen molar-refractivity contribution in [2.75, 3.05) is 0 Å². The van der Waals surface area contributed by atoms with Crippen LogP contribution in [0.1, 0.15) is 32.1 Å². The van der Waals surface area contributed by atoms with E-state index in [1.54, 1.807) is 0 Å². The molecule has 1 aliphatic rings. The van der Waals surface area contributed by atoms with Crippen LogP contribution in [0.15, 0.2) is 12.0 Å². The van der Waals surface area contributed by atoms with Gasteiger partial charge in [-0.1, -0.05) is 19.3 Å². The molecule has 1 aliphatic carbocycles. The SMILES string of the molecule is N/C(=C\[N+](=O)[O-])NC1CCCCC1. The van der Waals surface area contributed by atoms with Gasteiger partial charge in [0.1, 0.15) is 0 Å². The molecule has 5 nitrogen and oxygen atoms in total. The van der Waals surface area contributed by atoms with Crippen LogP contribution in [-0.4, -0.2) is 11.0 Å². The number of nitro groups is 1. The standard InChI is InChI=1S/C8H15N3O2/c9-8(6-11(12)13)10-7-4-2-1-3-5-7/h6-7,10H,1-5,9H2/b8-6+. The average molecular weight is 185 g/mol. The fourth-order valence-electron chi connectivity index (χ4n) is 1.63. The second-order valence-corrected chi connectivity index (χ2v) is 3.35. The summed E-state index contributed by atoms with van der Waals surface area (Å²) in [7, 11) is 0. The van der Waals surface area contributed by atoms with E-state index < -0.39 is 4.92 Å². The van der Waals surface area contributed by atoms with Gasteiger partial charge in [-0.15, -0.1) is 0 Å². The number of nitrogens with one attached hydrogen (secondary N) is 1. The van der Waals surface area contributed by atoms with Crippen molar-refractivity contribution in [3.63, 3.8) is 0 Å². The van der Waals surface area contributed by atoms with Crippen molar-refractivity contribution in [1.29, 1.82) is 0 Å². The Morgan fingerprint density at radius 3 is 2.62 bits per heavy atom. The van der Waals surface area contributed by atoms with Crippen LogP contribution < -0.4 is 11.1 Å². The molecule has 0 radical (unpaired) electrons. The summed E-state index contributed by atoms with van der Waals surface area (Å²) in [5.41, 5.74) is 5.41.